The molecule has 0 aliphatic rings. The molecule has 25 heavy (non-hydrogen) atoms. The number of benzene rings is 2. The van der Waals surface area contributed by atoms with Crippen LogP contribution in [0.1, 0.15) is 15.9 Å². The Balaban J connectivity index is 1.99. The number of nitrogens with two attached hydrogens (primary N) is 1. The number of aliphatic imine (C=N–C) groups is 1. The normalized spacial score (nSPS) is 11.9. The summed E-state index contributed by atoms with van der Waals surface area (Å²) in [6.07, 6.45) is 1.53. The zero-order chi connectivity index (χ0) is 18.1. The predicted octanol–water partition coefficient (Wildman–Crippen LogP) is 0.740. The van der Waals surface area contributed by atoms with Crippen LogP contribution in [-0.2, 0) is 11.2 Å². The number of hydrogen-bond donors (Lipinski definition) is 5. The van der Waals surface area contributed by atoms with Crippen LogP contribution in [-0.4, -0.2) is 29.4 Å². The molecule has 0 aliphatic heterocycles. The summed E-state index contributed by atoms with van der Waals surface area (Å²) in [5.74, 6) is 3.58. The van der Waals surface area contributed by atoms with Gasteiger partial charge in [-0.05, 0) is 23.8 Å². The molecule has 0 saturated carbocycles. The van der Waals surface area contributed by atoms with E-state index in [4.69, 9.17) is 5.84 Å². The molecule has 0 aliphatic carbocycles. The number of amides is 1. The second kappa shape index (κ2) is 9.16. The van der Waals surface area contributed by atoms with Crippen molar-refractivity contribution in [2.75, 3.05) is 0 Å². The summed E-state index contributed by atoms with van der Waals surface area (Å²) in [5.41, 5.74) is 8.97. The van der Waals surface area contributed by atoms with E-state index in [2.05, 4.69) is 21.3 Å². The third-order valence-electron chi connectivity index (χ3n) is 3.34. The van der Waals surface area contributed by atoms with E-state index in [9.17, 15) is 14.7 Å². The van der Waals surface area contributed by atoms with Gasteiger partial charge in [0.2, 0.25) is 0 Å². The molecule has 2 aromatic carbocycles. The zero-order valence-corrected chi connectivity index (χ0v) is 13.3. The minimum Gasteiger partial charge on any atom is -0.480 e. The number of aliphatic carboxylic acids is 1. The van der Waals surface area contributed by atoms with Crippen LogP contribution < -0.4 is 22.1 Å². The summed E-state index contributed by atoms with van der Waals surface area (Å²) in [6.45, 7) is 0. The summed E-state index contributed by atoms with van der Waals surface area (Å²) in [5, 5.41) is 9.31. The van der Waals surface area contributed by atoms with Gasteiger partial charge in [-0.25, -0.2) is 16.3 Å². The Bertz CT molecular complexity index is 749. The van der Waals surface area contributed by atoms with Gasteiger partial charge in [0.25, 0.3) is 5.91 Å². The van der Waals surface area contributed by atoms with Gasteiger partial charge in [0.05, 0.1) is 5.69 Å². The Labute approximate surface area is 144 Å². The molecule has 2 aromatic rings. The fourth-order valence-electron chi connectivity index (χ4n) is 2.11. The Morgan fingerprint density at radius 2 is 1.92 bits per heavy atom. The summed E-state index contributed by atoms with van der Waals surface area (Å²) < 4.78 is 0. The first kappa shape index (κ1) is 18.1. The van der Waals surface area contributed by atoms with Crippen LogP contribution >= 0.6 is 0 Å². The third-order valence-corrected chi connectivity index (χ3v) is 3.34. The fourth-order valence-corrected chi connectivity index (χ4v) is 2.11. The third kappa shape index (κ3) is 5.72. The van der Waals surface area contributed by atoms with Crippen molar-refractivity contribution >= 4 is 23.9 Å². The summed E-state index contributed by atoms with van der Waals surface area (Å²) in [7, 11) is 0. The van der Waals surface area contributed by atoms with Gasteiger partial charge in [-0.3, -0.25) is 15.0 Å². The topological polar surface area (TPSA) is 129 Å². The number of carboxylic acid groups (broad SMARTS) is 1. The minimum atomic E-state index is -1.06. The highest BCUT2D eigenvalue weighted by Gasteiger charge is 2.18. The van der Waals surface area contributed by atoms with Crippen LogP contribution in [0, 0.1) is 0 Å². The van der Waals surface area contributed by atoms with Crippen molar-refractivity contribution in [1.29, 1.82) is 0 Å². The average molecular weight is 341 g/mol. The van der Waals surface area contributed by atoms with Crippen LogP contribution in [0.25, 0.3) is 0 Å². The molecular weight excluding hydrogens is 322 g/mol. The van der Waals surface area contributed by atoms with Crippen LogP contribution in [0.5, 0.6) is 0 Å². The molecular formula is C17H19N5O3. The molecule has 130 valence electrons. The first-order valence-corrected chi connectivity index (χ1v) is 7.51. The highest BCUT2D eigenvalue weighted by Crippen LogP contribution is 2.13. The smallest absolute Gasteiger partial charge is 0.322 e. The van der Waals surface area contributed by atoms with E-state index < -0.39 is 17.9 Å². The van der Waals surface area contributed by atoms with Crippen LogP contribution in [0.15, 0.2) is 59.6 Å². The highest BCUT2D eigenvalue weighted by atomic mass is 16.4. The van der Waals surface area contributed by atoms with Crippen molar-refractivity contribution in [2.24, 2.45) is 10.8 Å². The van der Waals surface area contributed by atoms with E-state index in [1.165, 1.54) is 6.34 Å². The monoisotopic (exact) mass is 341 g/mol. The van der Waals surface area contributed by atoms with E-state index in [-0.39, 0.29) is 6.42 Å². The fraction of sp³-hybridized carbons (Fsp3) is 0.118. The molecule has 1 atom stereocenters. The maximum absolute atomic E-state index is 12.2. The zero-order valence-electron chi connectivity index (χ0n) is 13.3. The van der Waals surface area contributed by atoms with Crippen LogP contribution in [0.4, 0.5) is 5.69 Å². The molecule has 0 saturated heterocycles. The Hall–Kier alpha value is -3.23. The molecule has 0 aromatic heterocycles. The van der Waals surface area contributed by atoms with Crippen molar-refractivity contribution < 1.29 is 14.7 Å². The van der Waals surface area contributed by atoms with E-state index in [1.807, 2.05) is 30.3 Å². The number of hydrogen-bond acceptors (Lipinski definition) is 5. The first-order chi connectivity index (χ1) is 12.1. The summed E-state index contributed by atoms with van der Waals surface area (Å²) >= 11 is 0. The molecule has 0 radical (unpaired) electrons. The van der Waals surface area contributed by atoms with Crippen molar-refractivity contribution in [3.63, 3.8) is 0 Å². The lowest BCUT2D eigenvalue weighted by Gasteiger charge is -2.15. The molecule has 6 N–H and O–H groups in total. The van der Waals surface area contributed by atoms with Crippen LogP contribution in [0.3, 0.4) is 0 Å². The lowest BCUT2D eigenvalue weighted by Crippen LogP contribution is -2.49. The van der Waals surface area contributed by atoms with Gasteiger partial charge < -0.3 is 10.5 Å². The highest BCUT2D eigenvalue weighted by molar-refractivity contribution is 5.95. The quantitative estimate of drug-likeness (QED) is 0.208. The standard InChI is InChI=1S/C17H19N5O3/c18-20-11-19-14-8-4-7-13(10-14)16(23)22-21-15(17(24)25)9-12-5-2-1-3-6-12/h1-8,10-11,15,21H,9,18H2,(H,19,20)(H,22,23)(H,24,25)/t15-/m0/s1. The number of nitrogens with one attached hydrogen (secondary N) is 3. The SMILES string of the molecule is NNC=Nc1cccc(C(=O)NN[C@@H](Cc2ccccc2)C(=O)O)c1. The van der Waals surface area contributed by atoms with E-state index >= 15 is 0 Å². The Kier molecular flexibility index (Phi) is 6.64. The molecule has 0 fully saturated rings. The summed E-state index contributed by atoms with van der Waals surface area (Å²) in [4.78, 5) is 27.6. The van der Waals surface area contributed by atoms with Crippen molar-refractivity contribution in [2.45, 2.75) is 12.5 Å². The predicted molar refractivity (Wildman–Crippen MR) is 94.1 cm³/mol. The van der Waals surface area contributed by atoms with Crippen molar-refractivity contribution in [3.8, 4) is 0 Å². The van der Waals surface area contributed by atoms with Gasteiger partial charge >= 0.3 is 5.97 Å². The van der Waals surface area contributed by atoms with Gasteiger partial charge in [-0.15, -0.1) is 0 Å². The second-order valence-electron chi connectivity index (χ2n) is 5.15. The number of carboxylic acids is 1. The molecule has 8 nitrogen and oxygen atoms in total. The maximum atomic E-state index is 12.2. The van der Waals surface area contributed by atoms with Crippen molar-refractivity contribution in [3.05, 3.63) is 65.7 Å². The maximum Gasteiger partial charge on any atom is 0.322 e. The molecule has 0 spiro atoms. The largest absolute Gasteiger partial charge is 0.480 e. The lowest BCUT2D eigenvalue weighted by atomic mass is 10.1. The Morgan fingerprint density at radius 3 is 2.60 bits per heavy atom. The molecule has 0 bridgehead atoms. The van der Waals surface area contributed by atoms with Crippen LogP contribution in [0.2, 0.25) is 0 Å². The number of hydrazine groups is 2. The second-order valence-corrected chi connectivity index (χ2v) is 5.15. The lowest BCUT2D eigenvalue weighted by molar-refractivity contribution is -0.139. The molecule has 0 unspecified atom stereocenters. The van der Waals surface area contributed by atoms with E-state index in [1.54, 1.807) is 24.3 Å². The number of rotatable bonds is 8. The van der Waals surface area contributed by atoms with Gasteiger partial charge in [0, 0.05) is 12.0 Å². The minimum absolute atomic E-state index is 0.239. The number of carbonyl (C=O) groups excluding carboxylic acids is 1. The average Bonchev–Trinajstić information content (AvgIpc) is 2.64. The Morgan fingerprint density at radius 1 is 1.16 bits per heavy atom. The number of nitrogens with zero attached hydrogens (tertiary/aromatic N) is 1. The number of carbonyl (C=O) groups is 2. The van der Waals surface area contributed by atoms with Crippen molar-refractivity contribution in [1.82, 2.24) is 16.3 Å². The van der Waals surface area contributed by atoms with E-state index in [0.29, 0.717) is 11.3 Å². The first-order valence-electron chi connectivity index (χ1n) is 7.51. The van der Waals surface area contributed by atoms with Gasteiger partial charge in [-0.2, -0.15) is 0 Å². The molecule has 2 rings (SSSR count). The molecule has 0 heterocycles. The van der Waals surface area contributed by atoms with E-state index in [0.717, 1.165) is 5.56 Å². The molecule has 8 heteroatoms. The summed E-state index contributed by atoms with van der Waals surface area (Å²) in [6, 6.07) is 14.7. The van der Waals surface area contributed by atoms with Gasteiger partial charge in [-0.1, -0.05) is 36.4 Å². The van der Waals surface area contributed by atoms with Gasteiger partial charge in [0.1, 0.15) is 12.4 Å². The van der Waals surface area contributed by atoms with Gasteiger partial charge in [0.15, 0.2) is 0 Å². The molecule has 1 amide bonds.